The maximum Gasteiger partial charge on any atom is 0.283 e. The molecule has 0 radical (unpaired) electrons. The fourth-order valence-electron chi connectivity index (χ4n) is 1.92. The van der Waals surface area contributed by atoms with Crippen LogP contribution in [0.2, 0.25) is 5.02 Å². The van der Waals surface area contributed by atoms with Crippen molar-refractivity contribution in [2.75, 3.05) is 0 Å². The number of rotatable bonds is 4. The lowest BCUT2D eigenvalue weighted by Crippen LogP contribution is -1.95. The van der Waals surface area contributed by atoms with Crippen LogP contribution >= 0.6 is 11.6 Å². The summed E-state index contributed by atoms with van der Waals surface area (Å²) in [5.41, 5.74) is -0.942. The van der Waals surface area contributed by atoms with Gasteiger partial charge in [-0.2, -0.15) is 0 Å². The molecule has 2 aromatic heterocycles. The summed E-state index contributed by atoms with van der Waals surface area (Å²) in [6.07, 6.45) is -1.74. The number of pyridine rings is 1. The lowest BCUT2D eigenvalue weighted by Gasteiger charge is -2.10. The first-order valence-corrected chi connectivity index (χ1v) is 6.86. The van der Waals surface area contributed by atoms with Crippen molar-refractivity contribution in [3.8, 4) is 23.0 Å². The third-order valence-electron chi connectivity index (χ3n) is 2.95. The molecule has 3 rings (SSSR count). The topological polar surface area (TPSA) is 48.2 Å². The summed E-state index contributed by atoms with van der Waals surface area (Å²) < 4.78 is 63.1. The van der Waals surface area contributed by atoms with Gasteiger partial charge in [0.1, 0.15) is 17.3 Å². The van der Waals surface area contributed by atoms with Crippen LogP contribution in [0.1, 0.15) is 12.1 Å². The SMILES string of the molecule is Fc1cc(Cl)cnc1Oc1cccc(F)c1-c1cc(C(F)F)no1. The third-order valence-corrected chi connectivity index (χ3v) is 3.16. The summed E-state index contributed by atoms with van der Waals surface area (Å²) in [4.78, 5) is 3.65. The highest BCUT2D eigenvalue weighted by atomic mass is 35.5. The molecule has 0 aliphatic rings. The van der Waals surface area contributed by atoms with Crippen molar-refractivity contribution < 1.29 is 26.8 Å². The summed E-state index contributed by atoms with van der Waals surface area (Å²) in [6, 6.07) is 5.51. The number of aromatic nitrogens is 2. The summed E-state index contributed by atoms with van der Waals surface area (Å²) in [6.45, 7) is 0. The molecule has 0 saturated heterocycles. The number of alkyl halides is 2. The molecule has 0 saturated carbocycles. The van der Waals surface area contributed by atoms with Gasteiger partial charge in [-0.15, -0.1) is 0 Å². The Morgan fingerprint density at radius 2 is 1.92 bits per heavy atom. The molecule has 2 heterocycles. The predicted molar refractivity (Wildman–Crippen MR) is 76.1 cm³/mol. The van der Waals surface area contributed by atoms with E-state index >= 15 is 0 Å². The van der Waals surface area contributed by atoms with Crippen LogP contribution in [0.4, 0.5) is 17.6 Å². The van der Waals surface area contributed by atoms with Crippen LogP contribution in [-0.4, -0.2) is 10.1 Å². The Hall–Kier alpha value is -2.61. The Balaban J connectivity index is 2.04. The average molecular weight is 359 g/mol. The van der Waals surface area contributed by atoms with Gasteiger partial charge >= 0.3 is 0 Å². The van der Waals surface area contributed by atoms with Crippen molar-refractivity contribution in [2.24, 2.45) is 0 Å². The maximum absolute atomic E-state index is 14.1. The van der Waals surface area contributed by atoms with E-state index in [2.05, 4.69) is 10.1 Å². The van der Waals surface area contributed by atoms with Gasteiger partial charge < -0.3 is 9.26 Å². The van der Waals surface area contributed by atoms with Gasteiger partial charge in [0.2, 0.25) is 0 Å². The molecule has 0 bridgehead atoms. The van der Waals surface area contributed by atoms with E-state index in [0.29, 0.717) is 0 Å². The largest absolute Gasteiger partial charge is 0.436 e. The summed E-state index contributed by atoms with van der Waals surface area (Å²) in [5, 5.41) is 3.21. The van der Waals surface area contributed by atoms with Gasteiger partial charge in [-0.1, -0.05) is 22.8 Å². The maximum atomic E-state index is 14.1. The van der Waals surface area contributed by atoms with Gasteiger partial charge in [-0.05, 0) is 18.2 Å². The Morgan fingerprint density at radius 1 is 1.12 bits per heavy atom. The fraction of sp³-hybridized carbons (Fsp3) is 0.0667. The first-order chi connectivity index (χ1) is 11.5. The second-order valence-electron chi connectivity index (χ2n) is 4.57. The Morgan fingerprint density at radius 3 is 2.58 bits per heavy atom. The van der Waals surface area contributed by atoms with Gasteiger partial charge in [0.25, 0.3) is 12.3 Å². The van der Waals surface area contributed by atoms with Crippen molar-refractivity contribution in [1.82, 2.24) is 10.1 Å². The first-order valence-electron chi connectivity index (χ1n) is 6.48. The number of hydrogen-bond acceptors (Lipinski definition) is 4. The van der Waals surface area contributed by atoms with Crippen molar-refractivity contribution in [3.05, 3.63) is 58.9 Å². The van der Waals surface area contributed by atoms with Gasteiger partial charge in [0.15, 0.2) is 11.6 Å². The van der Waals surface area contributed by atoms with Crippen molar-refractivity contribution >= 4 is 11.6 Å². The number of halogens is 5. The zero-order chi connectivity index (χ0) is 17.3. The Bertz CT molecular complexity index is 886. The van der Waals surface area contributed by atoms with Crippen molar-refractivity contribution in [2.45, 2.75) is 6.43 Å². The lowest BCUT2D eigenvalue weighted by molar-refractivity contribution is 0.140. The van der Waals surface area contributed by atoms with Crippen LogP contribution in [0.5, 0.6) is 11.6 Å². The van der Waals surface area contributed by atoms with E-state index in [0.717, 1.165) is 24.4 Å². The molecule has 0 N–H and O–H groups in total. The van der Waals surface area contributed by atoms with Crippen LogP contribution in [0.3, 0.4) is 0 Å². The standard InChI is InChI=1S/C15H7ClF4N2O2/c16-7-4-9(18)15(21-6-7)23-11-3-1-2-8(17)13(11)12-5-10(14(19)20)22-24-12/h1-6,14H. The Kier molecular flexibility index (Phi) is 4.39. The van der Waals surface area contributed by atoms with Crippen molar-refractivity contribution in [1.29, 1.82) is 0 Å². The van der Waals surface area contributed by atoms with E-state index in [1.807, 2.05) is 0 Å². The molecule has 4 nitrogen and oxygen atoms in total. The number of hydrogen-bond donors (Lipinski definition) is 0. The molecule has 9 heteroatoms. The molecular weight excluding hydrogens is 352 g/mol. The molecule has 0 spiro atoms. The average Bonchev–Trinajstić information content (AvgIpc) is 3.00. The fourth-order valence-corrected chi connectivity index (χ4v) is 2.06. The smallest absolute Gasteiger partial charge is 0.283 e. The zero-order valence-corrected chi connectivity index (χ0v) is 12.4. The highest BCUT2D eigenvalue weighted by Crippen LogP contribution is 2.37. The highest BCUT2D eigenvalue weighted by molar-refractivity contribution is 6.30. The second-order valence-corrected chi connectivity index (χ2v) is 5.01. The molecule has 24 heavy (non-hydrogen) atoms. The normalized spacial score (nSPS) is 11.1. The molecule has 0 fully saturated rings. The van der Waals surface area contributed by atoms with Crippen molar-refractivity contribution in [3.63, 3.8) is 0 Å². The van der Waals surface area contributed by atoms with Crippen LogP contribution in [-0.2, 0) is 0 Å². The van der Waals surface area contributed by atoms with Gasteiger partial charge in [0, 0.05) is 12.3 Å². The summed E-state index contributed by atoms with van der Waals surface area (Å²) in [5.74, 6) is -2.62. The Labute approximate surface area is 137 Å². The van der Waals surface area contributed by atoms with E-state index < -0.39 is 29.6 Å². The first kappa shape index (κ1) is 16.3. The van der Waals surface area contributed by atoms with E-state index in [9.17, 15) is 17.6 Å². The highest BCUT2D eigenvalue weighted by Gasteiger charge is 2.21. The number of benzene rings is 1. The molecule has 1 aromatic carbocycles. The summed E-state index contributed by atoms with van der Waals surface area (Å²) in [7, 11) is 0. The van der Waals surface area contributed by atoms with E-state index in [-0.39, 0.29) is 22.1 Å². The number of ether oxygens (including phenoxy) is 1. The molecule has 0 aliphatic heterocycles. The predicted octanol–water partition coefficient (Wildman–Crippen LogP) is 5.40. The van der Waals surface area contributed by atoms with E-state index in [1.54, 1.807) is 0 Å². The molecule has 0 aliphatic carbocycles. The zero-order valence-electron chi connectivity index (χ0n) is 11.6. The summed E-state index contributed by atoms with van der Waals surface area (Å²) >= 11 is 5.59. The van der Waals surface area contributed by atoms with Gasteiger partial charge in [-0.25, -0.2) is 22.5 Å². The third kappa shape index (κ3) is 3.18. The van der Waals surface area contributed by atoms with Crippen LogP contribution in [0.15, 0.2) is 41.1 Å². The minimum Gasteiger partial charge on any atom is -0.436 e. The van der Waals surface area contributed by atoms with E-state index in [4.69, 9.17) is 20.9 Å². The molecule has 0 unspecified atom stereocenters. The lowest BCUT2D eigenvalue weighted by atomic mass is 10.1. The van der Waals surface area contributed by atoms with E-state index in [1.165, 1.54) is 12.1 Å². The molecule has 3 aromatic rings. The molecule has 124 valence electrons. The minimum atomic E-state index is -2.88. The molecule has 0 atom stereocenters. The number of nitrogens with zero attached hydrogens (tertiary/aromatic N) is 2. The van der Waals surface area contributed by atoms with Crippen LogP contribution in [0, 0.1) is 11.6 Å². The second kappa shape index (κ2) is 6.48. The van der Waals surface area contributed by atoms with Gasteiger partial charge in [0.05, 0.1) is 10.6 Å². The minimum absolute atomic E-state index is 0.0520. The monoisotopic (exact) mass is 358 g/mol. The van der Waals surface area contributed by atoms with Crippen LogP contribution in [0.25, 0.3) is 11.3 Å². The molecule has 0 amide bonds. The van der Waals surface area contributed by atoms with Crippen LogP contribution < -0.4 is 4.74 Å². The quantitative estimate of drug-likeness (QED) is 0.586. The van der Waals surface area contributed by atoms with Gasteiger partial charge in [-0.3, -0.25) is 0 Å². The molecular formula is C15H7ClF4N2O2.